The highest BCUT2D eigenvalue weighted by Gasteiger charge is 2.18. The van der Waals surface area contributed by atoms with Crippen molar-refractivity contribution >= 4 is 18.4 Å². The molecule has 0 aromatic carbocycles. The quantitative estimate of drug-likeness (QED) is 0.804. The minimum atomic E-state index is -1.01. The van der Waals surface area contributed by atoms with E-state index in [-0.39, 0.29) is 12.4 Å². The average Bonchev–Trinajstić information content (AvgIpc) is 2.07. The van der Waals surface area contributed by atoms with Crippen molar-refractivity contribution in [2.75, 3.05) is 7.11 Å². The SMILES string of the molecule is COC(C(=O)O)c1cccnc1.Cl. The molecular weight excluding hydrogens is 194 g/mol. The Morgan fingerprint density at radius 1 is 1.69 bits per heavy atom. The van der Waals surface area contributed by atoms with Gasteiger partial charge in [0.15, 0.2) is 6.10 Å². The van der Waals surface area contributed by atoms with Gasteiger partial charge in [-0.3, -0.25) is 4.98 Å². The van der Waals surface area contributed by atoms with Crippen LogP contribution >= 0.6 is 12.4 Å². The summed E-state index contributed by atoms with van der Waals surface area (Å²) in [5, 5.41) is 8.67. The van der Waals surface area contributed by atoms with Gasteiger partial charge in [-0.05, 0) is 6.07 Å². The van der Waals surface area contributed by atoms with Crippen molar-refractivity contribution in [1.29, 1.82) is 0 Å². The lowest BCUT2D eigenvalue weighted by molar-refractivity contribution is -0.148. The molecule has 5 heteroatoms. The van der Waals surface area contributed by atoms with E-state index in [4.69, 9.17) is 9.84 Å². The largest absolute Gasteiger partial charge is 0.479 e. The summed E-state index contributed by atoms with van der Waals surface area (Å²) < 4.78 is 4.76. The molecule has 0 radical (unpaired) electrons. The minimum Gasteiger partial charge on any atom is -0.479 e. The van der Waals surface area contributed by atoms with Crippen LogP contribution in [0.25, 0.3) is 0 Å². The first-order chi connectivity index (χ1) is 5.75. The maximum Gasteiger partial charge on any atom is 0.337 e. The summed E-state index contributed by atoms with van der Waals surface area (Å²) in [6.45, 7) is 0. The molecule has 1 aromatic rings. The van der Waals surface area contributed by atoms with Gasteiger partial charge in [-0.1, -0.05) is 6.07 Å². The third-order valence-corrected chi connectivity index (χ3v) is 1.45. The predicted molar refractivity (Wildman–Crippen MR) is 48.9 cm³/mol. The number of aromatic nitrogens is 1. The summed E-state index contributed by atoms with van der Waals surface area (Å²) in [6, 6.07) is 3.33. The second-order valence-corrected chi connectivity index (χ2v) is 2.24. The number of carbonyl (C=O) groups is 1. The number of pyridine rings is 1. The number of nitrogens with zero attached hydrogens (tertiary/aromatic N) is 1. The van der Waals surface area contributed by atoms with Crippen molar-refractivity contribution in [2.24, 2.45) is 0 Å². The Hall–Kier alpha value is -1.13. The number of methoxy groups -OCH3 is 1. The Balaban J connectivity index is 0.00000144. The van der Waals surface area contributed by atoms with Crippen LogP contribution in [0.5, 0.6) is 0 Å². The highest BCUT2D eigenvalue weighted by Crippen LogP contribution is 2.14. The molecule has 0 bridgehead atoms. The van der Waals surface area contributed by atoms with Crippen LogP contribution in [0.1, 0.15) is 11.7 Å². The molecule has 1 atom stereocenters. The fourth-order valence-corrected chi connectivity index (χ4v) is 0.911. The van der Waals surface area contributed by atoms with Crippen molar-refractivity contribution in [3.05, 3.63) is 30.1 Å². The van der Waals surface area contributed by atoms with Crippen LogP contribution in [-0.4, -0.2) is 23.2 Å². The van der Waals surface area contributed by atoms with Crippen molar-refractivity contribution in [2.45, 2.75) is 6.10 Å². The summed E-state index contributed by atoms with van der Waals surface area (Å²) in [5.41, 5.74) is 0.549. The number of hydrogen-bond donors (Lipinski definition) is 1. The maximum atomic E-state index is 10.6. The molecule has 0 aliphatic heterocycles. The van der Waals surface area contributed by atoms with Gasteiger partial charge in [-0.25, -0.2) is 4.79 Å². The Morgan fingerprint density at radius 3 is 2.77 bits per heavy atom. The first-order valence-corrected chi connectivity index (χ1v) is 3.41. The second kappa shape index (κ2) is 5.50. The standard InChI is InChI=1S/C8H9NO3.ClH/c1-12-7(8(10)11)6-3-2-4-9-5-6;/h2-5,7H,1H3,(H,10,11);1H. The van der Waals surface area contributed by atoms with Gasteiger partial charge in [0.05, 0.1) is 0 Å². The third kappa shape index (κ3) is 3.01. The smallest absolute Gasteiger partial charge is 0.337 e. The molecule has 0 saturated carbocycles. The zero-order valence-corrected chi connectivity index (χ0v) is 7.82. The fraction of sp³-hybridized carbons (Fsp3) is 0.250. The van der Waals surface area contributed by atoms with Crippen LogP contribution < -0.4 is 0 Å². The second-order valence-electron chi connectivity index (χ2n) is 2.24. The Kier molecular flexibility index (Phi) is 5.03. The van der Waals surface area contributed by atoms with Crippen LogP contribution in [0.3, 0.4) is 0 Å². The Bertz CT molecular complexity index is 265. The van der Waals surface area contributed by atoms with Gasteiger partial charge in [-0.15, -0.1) is 12.4 Å². The fourth-order valence-electron chi connectivity index (χ4n) is 0.911. The first kappa shape index (κ1) is 11.9. The molecule has 0 aliphatic rings. The topological polar surface area (TPSA) is 59.4 Å². The number of aliphatic carboxylic acids is 1. The zero-order valence-electron chi connectivity index (χ0n) is 7.01. The van der Waals surface area contributed by atoms with Gasteiger partial charge in [0, 0.05) is 25.1 Å². The molecule has 72 valence electrons. The lowest BCUT2D eigenvalue weighted by Crippen LogP contribution is -2.13. The van der Waals surface area contributed by atoms with Crippen LogP contribution in [0.15, 0.2) is 24.5 Å². The molecule has 0 saturated heterocycles. The molecule has 0 spiro atoms. The number of carboxylic acids is 1. The molecule has 0 aliphatic carbocycles. The third-order valence-electron chi connectivity index (χ3n) is 1.45. The van der Waals surface area contributed by atoms with E-state index in [9.17, 15) is 4.79 Å². The minimum absolute atomic E-state index is 0. The number of hydrogen-bond acceptors (Lipinski definition) is 3. The Labute approximate surface area is 82.0 Å². The van der Waals surface area contributed by atoms with Gasteiger partial charge < -0.3 is 9.84 Å². The molecule has 0 fully saturated rings. The lowest BCUT2D eigenvalue weighted by atomic mass is 10.2. The van der Waals surface area contributed by atoms with Crippen LogP contribution in [0.4, 0.5) is 0 Å². The molecular formula is C8H10ClNO3. The van der Waals surface area contributed by atoms with Crippen molar-refractivity contribution in [1.82, 2.24) is 4.98 Å². The van der Waals surface area contributed by atoms with E-state index in [2.05, 4.69) is 4.98 Å². The van der Waals surface area contributed by atoms with E-state index in [1.54, 1.807) is 18.3 Å². The van der Waals surface area contributed by atoms with Crippen LogP contribution in [0, 0.1) is 0 Å². The lowest BCUT2D eigenvalue weighted by Gasteiger charge is -2.08. The van der Waals surface area contributed by atoms with Crippen molar-refractivity contribution in [3.8, 4) is 0 Å². The summed E-state index contributed by atoms with van der Waals surface area (Å²) in [6.07, 6.45) is 2.14. The molecule has 1 unspecified atom stereocenters. The highest BCUT2D eigenvalue weighted by atomic mass is 35.5. The molecule has 4 nitrogen and oxygen atoms in total. The van der Waals surface area contributed by atoms with Gasteiger partial charge in [-0.2, -0.15) is 0 Å². The van der Waals surface area contributed by atoms with Gasteiger partial charge >= 0.3 is 5.97 Å². The number of ether oxygens (including phenoxy) is 1. The Morgan fingerprint density at radius 2 is 2.38 bits per heavy atom. The number of rotatable bonds is 3. The predicted octanol–water partition coefficient (Wildman–Crippen LogP) is 1.28. The molecule has 1 heterocycles. The first-order valence-electron chi connectivity index (χ1n) is 3.41. The van der Waals surface area contributed by atoms with Gasteiger partial charge in [0.25, 0.3) is 0 Å². The molecule has 1 aromatic heterocycles. The summed E-state index contributed by atoms with van der Waals surface area (Å²) >= 11 is 0. The van der Waals surface area contributed by atoms with Gasteiger partial charge in [0.2, 0.25) is 0 Å². The van der Waals surface area contributed by atoms with E-state index in [0.29, 0.717) is 5.56 Å². The zero-order chi connectivity index (χ0) is 8.97. The van der Waals surface area contributed by atoms with E-state index in [0.717, 1.165) is 0 Å². The van der Waals surface area contributed by atoms with E-state index in [1.807, 2.05) is 0 Å². The van der Waals surface area contributed by atoms with Gasteiger partial charge in [0.1, 0.15) is 0 Å². The van der Waals surface area contributed by atoms with E-state index >= 15 is 0 Å². The number of carboxylic acid groups (broad SMARTS) is 1. The maximum absolute atomic E-state index is 10.6. The summed E-state index contributed by atoms with van der Waals surface area (Å²) in [7, 11) is 1.35. The normalized spacial score (nSPS) is 11.5. The molecule has 13 heavy (non-hydrogen) atoms. The summed E-state index contributed by atoms with van der Waals surface area (Å²) in [4.78, 5) is 14.4. The van der Waals surface area contributed by atoms with E-state index < -0.39 is 12.1 Å². The van der Waals surface area contributed by atoms with Crippen LogP contribution in [0.2, 0.25) is 0 Å². The molecule has 1 N–H and O–H groups in total. The highest BCUT2D eigenvalue weighted by molar-refractivity contribution is 5.85. The van der Waals surface area contributed by atoms with Crippen molar-refractivity contribution in [3.63, 3.8) is 0 Å². The summed E-state index contributed by atoms with van der Waals surface area (Å²) in [5.74, 6) is -1.01. The van der Waals surface area contributed by atoms with Crippen LogP contribution in [-0.2, 0) is 9.53 Å². The van der Waals surface area contributed by atoms with E-state index in [1.165, 1.54) is 13.3 Å². The van der Waals surface area contributed by atoms with Crippen molar-refractivity contribution < 1.29 is 14.6 Å². The molecule has 1 rings (SSSR count). The molecule has 0 amide bonds. The monoisotopic (exact) mass is 203 g/mol. The average molecular weight is 204 g/mol. The number of halogens is 1.